The van der Waals surface area contributed by atoms with Gasteiger partial charge < -0.3 is 20.9 Å². The van der Waals surface area contributed by atoms with Crippen LogP contribution in [0.4, 0.5) is 11.5 Å². The Morgan fingerprint density at radius 3 is 3.11 bits per heavy atom. The van der Waals surface area contributed by atoms with Crippen LogP contribution in [0.15, 0.2) is 11.1 Å². The lowest BCUT2D eigenvalue weighted by molar-refractivity contribution is 0.429. The number of piperidine rings is 1. The molecule has 0 radical (unpaired) electrons. The van der Waals surface area contributed by atoms with Crippen molar-refractivity contribution in [1.82, 2.24) is 15.3 Å². The first kappa shape index (κ1) is 12.9. The van der Waals surface area contributed by atoms with E-state index in [2.05, 4.69) is 27.1 Å². The molecule has 100 valence electrons. The van der Waals surface area contributed by atoms with E-state index in [-0.39, 0.29) is 11.2 Å². The Hall–Kier alpha value is -1.56. The van der Waals surface area contributed by atoms with Crippen LogP contribution in [0.25, 0.3) is 0 Å². The van der Waals surface area contributed by atoms with Gasteiger partial charge in [-0.1, -0.05) is 6.92 Å². The van der Waals surface area contributed by atoms with Crippen molar-refractivity contribution >= 4 is 11.5 Å². The summed E-state index contributed by atoms with van der Waals surface area (Å²) in [6.07, 6.45) is 4.69. The van der Waals surface area contributed by atoms with E-state index in [4.69, 9.17) is 5.73 Å². The van der Waals surface area contributed by atoms with Gasteiger partial charge >= 0.3 is 0 Å². The minimum atomic E-state index is -0.259. The maximum absolute atomic E-state index is 11.6. The number of nitrogen functional groups attached to an aromatic ring is 1. The molecular formula is C12H21N5O. The molecule has 1 aliphatic heterocycles. The first-order valence-electron chi connectivity index (χ1n) is 6.54. The second-order valence-electron chi connectivity index (χ2n) is 4.66. The lowest BCUT2D eigenvalue weighted by Crippen LogP contribution is -2.47. The molecular weight excluding hydrogens is 230 g/mol. The molecule has 6 heteroatoms. The Bertz CT molecular complexity index is 438. The third kappa shape index (κ3) is 2.64. The van der Waals surface area contributed by atoms with Crippen LogP contribution in [0.2, 0.25) is 0 Å². The van der Waals surface area contributed by atoms with Crippen LogP contribution in [-0.4, -0.2) is 35.6 Å². The first-order chi connectivity index (χ1) is 8.74. The molecule has 1 fully saturated rings. The van der Waals surface area contributed by atoms with Gasteiger partial charge in [-0.3, -0.25) is 4.79 Å². The average molecular weight is 251 g/mol. The molecule has 1 aromatic heterocycles. The van der Waals surface area contributed by atoms with Gasteiger partial charge in [0.2, 0.25) is 0 Å². The minimum absolute atomic E-state index is 0.219. The summed E-state index contributed by atoms with van der Waals surface area (Å²) in [5, 5.41) is 3.38. The van der Waals surface area contributed by atoms with E-state index in [1.54, 1.807) is 0 Å². The van der Waals surface area contributed by atoms with Crippen molar-refractivity contribution in [3.05, 3.63) is 16.7 Å². The summed E-state index contributed by atoms with van der Waals surface area (Å²) >= 11 is 0. The van der Waals surface area contributed by atoms with Crippen LogP contribution in [-0.2, 0) is 0 Å². The van der Waals surface area contributed by atoms with Gasteiger partial charge in [0.25, 0.3) is 5.56 Å². The fraction of sp³-hybridized carbons (Fsp3) is 0.667. The van der Waals surface area contributed by atoms with Crippen LogP contribution in [0, 0.1) is 0 Å². The third-order valence-electron chi connectivity index (χ3n) is 3.32. The van der Waals surface area contributed by atoms with Gasteiger partial charge in [-0.25, -0.2) is 4.98 Å². The van der Waals surface area contributed by atoms with E-state index >= 15 is 0 Å². The van der Waals surface area contributed by atoms with E-state index in [9.17, 15) is 4.79 Å². The number of rotatable bonds is 4. The molecule has 1 aliphatic rings. The molecule has 0 aliphatic carbocycles. The largest absolute Gasteiger partial charge is 0.391 e. The summed E-state index contributed by atoms with van der Waals surface area (Å²) in [5.74, 6) is 0.620. The summed E-state index contributed by atoms with van der Waals surface area (Å²) in [7, 11) is 0. The number of anilines is 2. The Morgan fingerprint density at radius 2 is 2.44 bits per heavy atom. The number of H-pyrrole nitrogens is 1. The third-order valence-corrected chi connectivity index (χ3v) is 3.32. The minimum Gasteiger partial charge on any atom is -0.391 e. The number of hydrogen-bond acceptors (Lipinski definition) is 5. The Balaban J connectivity index is 2.28. The Morgan fingerprint density at radius 1 is 1.61 bits per heavy atom. The summed E-state index contributed by atoms with van der Waals surface area (Å²) < 4.78 is 0. The topological polar surface area (TPSA) is 87.0 Å². The molecule has 6 nitrogen and oxygen atoms in total. The van der Waals surface area contributed by atoms with Crippen LogP contribution in [0.3, 0.4) is 0 Å². The van der Waals surface area contributed by atoms with Crippen LogP contribution in [0.5, 0.6) is 0 Å². The van der Waals surface area contributed by atoms with Gasteiger partial charge in [0.15, 0.2) is 5.82 Å². The highest BCUT2D eigenvalue weighted by molar-refractivity contribution is 5.61. The van der Waals surface area contributed by atoms with Crippen molar-refractivity contribution in [1.29, 1.82) is 0 Å². The average Bonchev–Trinajstić information content (AvgIpc) is 2.41. The summed E-state index contributed by atoms with van der Waals surface area (Å²) in [4.78, 5) is 20.5. The zero-order valence-electron chi connectivity index (χ0n) is 10.8. The first-order valence-corrected chi connectivity index (χ1v) is 6.54. The second-order valence-corrected chi connectivity index (χ2v) is 4.66. The molecule has 0 amide bonds. The maximum Gasteiger partial charge on any atom is 0.276 e. The Labute approximate surface area is 107 Å². The van der Waals surface area contributed by atoms with E-state index < -0.39 is 0 Å². The number of nitrogens with one attached hydrogen (secondary N) is 2. The quantitative estimate of drug-likeness (QED) is 0.717. The van der Waals surface area contributed by atoms with Gasteiger partial charge in [-0.2, -0.15) is 0 Å². The Kier molecular flexibility index (Phi) is 4.19. The van der Waals surface area contributed by atoms with Gasteiger partial charge in [0.1, 0.15) is 5.69 Å². The van der Waals surface area contributed by atoms with Crippen molar-refractivity contribution in [2.75, 3.05) is 30.3 Å². The van der Waals surface area contributed by atoms with E-state index in [1.165, 1.54) is 6.33 Å². The lowest BCUT2D eigenvalue weighted by atomic mass is 10.1. The van der Waals surface area contributed by atoms with Crippen molar-refractivity contribution in [3.63, 3.8) is 0 Å². The number of aromatic amines is 1. The van der Waals surface area contributed by atoms with Crippen molar-refractivity contribution in [2.24, 2.45) is 0 Å². The van der Waals surface area contributed by atoms with E-state index in [0.29, 0.717) is 11.9 Å². The number of aromatic nitrogens is 2. The fourth-order valence-electron chi connectivity index (χ4n) is 2.43. The van der Waals surface area contributed by atoms with Crippen molar-refractivity contribution in [2.45, 2.75) is 32.2 Å². The van der Waals surface area contributed by atoms with Gasteiger partial charge in [0.05, 0.1) is 6.33 Å². The smallest absolute Gasteiger partial charge is 0.276 e. The maximum atomic E-state index is 11.6. The predicted molar refractivity (Wildman–Crippen MR) is 72.8 cm³/mol. The van der Waals surface area contributed by atoms with Crippen LogP contribution in [0.1, 0.15) is 26.2 Å². The second kappa shape index (κ2) is 5.86. The molecule has 2 rings (SSSR count). The molecule has 2 heterocycles. The summed E-state index contributed by atoms with van der Waals surface area (Å²) in [5.41, 5.74) is 5.81. The number of nitrogens with two attached hydrogens (primary N) is 1. The fourth-order valence-corrected chi connectivity index (χ4v) is 2.43. The number of hydrogen-bond donors (Lipinski definition) is 3. The van der Waals surface area contributed by atoms with E-state index in [1.807, 2.05) is 0 Å². The molecule has 1 unspecified atom stereocenters. The van der Waals surface area contributed by atoms with Crippen molar-refractivity contribution in [3.8, 4) is 0 Å². The molecule has 1 saturated heterocycles. The van der Waals surface area contributed by atoms with E-state index in [0.717, 1.165) is 38.9 Å². The van der Waals surface area contributed by atoms with Gasteiger partial charge in [-0.05, 0) is 25.8 Å². The highest BCUT2D eigenvalue weighted by Gasteiger charge is 2.23. The van der Waals surface area contributed by atoms with Gasteiger partial charge in [0, 0.05) is 19.1 Å². The molecule has 4 N–H and O–H groups in total. The SMILES string of the molecule is CCCN(c1nc[nH]c(=O)c1N)C1CCCNC1. The zero-order chi connectivity index (χ0) is 13.0. The normalized spacial score (nSPS) is 19.7. The number of nitrogens with zero attached hydrogens (tertiary/aromatic N) is 2. The van der Waals surface area contributed by atoms with Gasteiger partial charge in [-0.15, -0.1) is 0 Å². The van der Waals surface area contributed by atoms with Crippen LogP contribution >= 0.6 is 0 Å². The molecule has 0 bridgehead atoms. The standard InChI is InChI=1S/C12H21N5O/c1-2-6-17(9-4-3-5-14-7-9)11-10(13)12(18)16-8-15-11/h8-9,14H,2-7,13H2,1H3,(H,15,16,18). The highest BCUT2D eigenvalue weighted by atomic mass is 16.1. The zero-order valence-corrected chi connectivity index (χ0v) is 10.8. The predicted octanol–water partition coefficient (Wildman–Crippen LogP) is 0.321. The molecule has 18 heavy (non-hydrogen) atoms. The summed E-state index contributed by atoms with van der Waals surface area (Å²) in [6.45, 7) is 4.97. The molecule has 1 aromatic rings. The lowest BCUT2D eigenvalue weighted by Gasteiger charge is -2.35. The van der Waals surface area contributed by atoms with Crippen LogP contribution < -0.4 is 21.5 Å². The summed E-state index contributed by atoms with van der Waals surface area (Å²) in [6, 6.07) is 0.371. The monoisotopic (exact) mass is 251 g/mol. The molecule has 1 atom stereocenters. The highest BCUT2D eigenvalue weighted by Crippen LogP contribution is 2.21. The molecule has 0 aromatic carbocycles. The van der Waals surface area contributed by atoms with Crippen molar-refractivity contribution < 1.29 is 0 Å². The molecule has 0 spiro atoms. The molecule has 0 saturated carbocycles.